The molecule has 0 saturated carbocycles. The third-order valence-corrected chi connectivity index (χ3v) is 5.60. The summed E-state index contributed by atoms with van der Waals surface area (Å²) in [6.07, 6.45) is 18.4. The zero-order valence-electron chi connectivity index (χ0n) is 18.2. The van der Waals surface area contributed by atoms with Gasteiger partial charge in [-0.3, -0.25) is 0 Å². The van der Waals surface area contributed by atoms with Gasteiger partial charge in [-0.05, 0) is 12.0 Å². The van der Waals surface area contributed by atoms with Gasteiger partial charge in [0.25, 0.3) is 5.82 Å². The first kappa shape index (κ1) is 23.2. The number of carbonyl (C=O) groups is 1. The first-order valence-electron chi connectivity index (χ1n) is 11.5. The molecule has 0 aliphatic heterocycles. The average Bonchev–Trinajstić information content (AvgIpc) is 3.10. The van der Waals surface area contributed by atoms with Crippen LogP contribution in [-0.4, -0.2) is 10.5 Å². The Labute approximate surface area is 176 Å². The number of carboxylic acid groups (broad SMARTS) is 1. The minimum Gasteiger partial charge on any atom is -0.550 e. The van der Waals surface area contributed by atoms with E-state index in [4.69, 9.17) is 0 Å². The lowest BCUT2D eigenvalue weighted by atomic mass is 10.1. The molecule has 29 heavy (non-hydrogen) atoms. The molecule has 1 heterocycles. The number of nitrogens with zero attached hydrogens (tertiary/aromatic N) is 2. The van der Waals surface area contributed by atoms with E-state index in [-0.39, 0.29) is 6.42 Å². The second kappa shape index (κ2) is 14.0. The van der Waals surface area contributed by atoms with Gasteiger partial charge in [-0.1, -0.05) is 95.0 Å². The number of carboxylic acids is 1. The van der Waals surface area contributed by atoms with E-state index in [9.17, 15) is 9.90 Å². The van der Waals surface area contributed by atoms with Gasteiger partial charge in [0.2, 0.25) is 0 Å². The molecule has 0 radical (unpaired) electrons. The Balaban J connectivity index is 1.80. The second-order valence-corrected chi connectivity index (χ2v) is 8.08. The van der Waals surface area contributed by atoms with Crippen LogP contribution >= 0.6 is 0 Å². The summed E-state index contributed by atoms with van der Waals surface area (Å²) in [5, 5.41) is 10.9. The Morgan fingerprint density at radius 1 is 0.931 bits per heavy atom. The highest BCUT2D eigenvalue weighted by molar-refractivity contribution is 5.64. The molecule has 0 saturated heterocycles. The number of aliphatic carboxylic acids is 1. The minimum atomic E-state index is -0.988. The number of hydrogen-bond donors (Lipinski definition) is 0. The van der Waals surface area contributed by atoms with Crippen molar-refractivity contribution < 1.29 is 14.5 Å². The van der Waals surface area contributed by atoms with Crippen LogP contribution < -0.4 is 9.67 Å². The summed E-state index contributed by atoms with van der Waals surface area (Å²) in [4.78, 5) is 10.9. The third kappa shape index (κ3) is 9.29. The maximum atomic E-state index is 10.9. The minimum absolute atomic E-state index is 0.0606. The lowest BCUT2D eigenvalue weighted by molar-refractivity contribution is -0.695. The highest BCUT2D eigenvalue weighted by Gasteiger charge is 2.17. The molecule has 4 heteroatoms. The Hall–Kier alpha value is -2.10. The smallest absolute Gasteiger partial charge is 0.256 e. The number of benzene rings is 1. The van der Waals surface area contributed by atoms with Gasteiger partial charge >= 0.3 is 0 Å². The fourth-order valence-electron chi connectivity index (χ4n) is 3.90. The number of carbonyl (C=O) groups excluding carboxylic acids is 1. The van der Waals surface area contributed by atoms with Crippen LogP contribution in [0.25, 0.3) is 0 Å². The Kier molecular flexibility index (Phi) is 11.2. The molecule has 0 spiro atoms. The quantitative estimate of drug-likeness (QED) is 0.310. The van der Waals surface area contributed by atoms with E-state index in [2.05, 4.69) is 46.5 Å². The van der Waals surface area contributed by atoms with Gasteiger partial charge in [0, 0.05) is 18.8 Å². The number of unbranched alkanes of at least 4 members (excludes halogenated alkanes) is 9. The van der Waals surface area contributed by atoms with Gasteiger partial charge < -0.3 is 9.90 Å². The van der Waals surface area contributed by atoms with Crippen molar-refractivity contribution in [3.8, 4) is 0 Å². The predicted molar refractivity (Wildman–Crippen MR) is 115 cm³/mol. The highest BCUT2D eigenvalue weighted by Crippen LogP contribution is 2.12. The normalized spacial score (nSPS) is 11.1. The maximum Gasteiger partial charge on any atom is 0.256 e. The summed E-state index contributed by atoms with van der Waals surface area (Å²) >= 11 is 0. The van der Waals surface area contributed by atoms with Crippen LogP contribution in [-0.2, 0) is 24.3 Å². The molecule has 0 fully saturated rings. The molecule has 0 atom stereocenters. The van der Waals surface area contributed by atoms with Crippen molar-refractivity contribution in [2.45, 2.75) is 97.1 Å². The maximum absolute atomic E-state index is 10.9. The molecule has 160 valence electrons. The molecule has 4 nitrogen and oxygen atoms in total. The van der Waals surface area contributed by atoms with Crippen LogP contribution in [0.2, 0.25) is 0 Å². The summed E-state index contributed by atoms with van der Waals surface area (Å²) in [7, 11) is 0. The van der Waals surface area contributed by atoms with Crippen LogP contribution in [0.3, 0.4) is 0 Å². The zero-order chi connectivity index (χ0) is 20.7. The average molecular weight is 399 g/mol. The molecule has 0 aliphatic rings. The molecular weight excluding hydrogens is 360 g/mol. The van der Waals surface area contributed by atoms with Crippen LogP contribution in [0.4, 0.5) is 0 Å². The summed E-state index contributed by atoms with van der Waals surface area (Å²) in [5.74, 6) is 0.230. The first-order valence-corrected chi connectivity index (χ1v) is 11.5. The molecule has 0 N–H and O–H groups in total. The number of aryl methyl sites for hydroxylation is 1. The molecule has 1 aromatic heterocycles. The van der Waals surface area contributed by atoms with Crippen molar-refractivity contribution in [2.75, 3.05) is 0 Å². The molecule has 1 aromatic carbocycles. The van der Waals surface area contributed by atoms with E-state index in [0.717, 1.165) is 19.4 Å². The number of hydrogen-bond acceptors (Lipinski definition) is 2. The van der Waals surface area contributed by atoms with Crippen molar-refractivity contribution in [2.24, 2.45) is 0 Å². The molecular formula is C25H38N2O2. The largest absolute Gasteiger partial charge is 0.550 e. The van der Waals surface area contributed by atoms with Crippen molar-refractivity contribution in [1.82, 2.24) is 4.57 Å². The van der Waals surface area contributed by atoms with Crippen molar-refractivity contribution in [1.29, 1.82) is 0 Å². The molecule has 2 rings (SSSR count). The van der Waals surface area contributed by atoms with Crippen molar-refractivity contribution >= 4 is 5.97 Å². The summed E-state index contributed by atoms with van der Waals surface area (Å²) < 4.78 is 4.35. The van der Waals surface area contributed by atoms with Gasteiger partial charge in [-0.2, -0.15) is 0 Å². The van der Waals surface area contributed by atoms with Crippen LogP contribution in [0.15, 0.2) is 42.7 Å². The van der Waals surface area contributed by atoms with Gasteiger partial charge in [0.15, 0.2) is 0 Å². The van der Waals surface area contributed by atoms with Crippen molar-refractivity contribution in [3.63, 3.8) is 0 Å². The first-order chi connectivity index (χ1) is 14.2. The molecule has 0 aliphatic carbocycles. The molecule has 0 amide bonds. The van der Waals surface area contributed by atoms with E-state index in [0.29, 0.717) is 6.54 Å². The lowest BCUT2D eigenvalue weighted by Crippen LogP contribution is -2.38. The van der Waals surface area contributed by atoms with Crippen LogP contribution in [0.5, 0.6) is 0 Å². The zero-order valence-corrected chi connectivity index (χ0v) is 18.2. The van der Waals surface area contributed by atoms with Gasteiger partial charge in [-0.15, -0.1) is 0 Å². The summed E-state index contributed by atoms with van der Waals surface area (Å²) in [6, 6.07) is 10.4. The monoisotopic (exact) mass is 398 g/mol. The van der Waals surface area contributed by atoms with Crippen LogP contribution in [0.1, 0.15) is 88.9 Å². The number of imidazole rings is 1. The van der Waals surface area contributed by atoms with Crippen molar-refractivity contribution in [3.05, 3.63) is 54.1 Å². The summed E-state index contributed by atoms with van der Waals surface area (Å²) in [5.41, 5.74) is 1.26. The highest BCUT2D eigenvalue weighted by atomic mass is 16.4. The van der Waals surface area contributed by atoms with E-state index < -0.39 is 5.97 Å². The van der Waals surface area contributed by atoms with Gasteiger partial charge in [0.05, 0.1) is 6.54 Å². The predicted octanol–water partition coefficient (Wildman–Crippen LogP) is 4.43. The Bertz CT molecular complexity index is 694. The lowest BCUT2D eigenvalue weighted by Gasteiger charge is -2.07. The fraction of sp³-hybridized carbons (Fsp3) is 0.600. The Morgan fingerprint density at radius 3 is 2.17 bits per heavy atom. The Morgan fingerprint density at radius 2 is 1.55 bits per heavy atom. The summed E-state index contributed by atoms with van der Waals surface area (Å²) in [6.45, 7) is 3.57. The second-order valence-electron chi connectivity index (χ2n) is 8.08. The van der Waals surface area contributed by atoms with E-state index in [1.165, 1.54) is 69.2 Å². The number of aromatic nitrogens is 2. The third-order valence-electron chi connectivity index (χ3n) is 5.60. The molecule has 2 aromatic rings. The fourth-order valence-corrected chi connectivity index (χ4v) is 3.90. The SMILES string of the molecule is CCCCCCCCCCCCc1n(CCC(=O)[O-])cc[n+]1Cc1ccccc1. The molecule has 0 unspecified atom stereocenters. The number of rotatable bonds is 16. The topological polar surface area (TPSA) is 48.9 Å². The van der Waals surface area contributed by atoms with Gasteiger partial charge in [-0.25, -0.2) is 9.13 Å². The van der Waals surface area contributed by atoms with E-state index >= 15 is 0 Å². The van der Waals surface area contributed by atoms with E-state index in [1.54, 1.807) is 0 Å². The standard InChI is InChI=1S/C25H38N2O2/c1-2-3-4-5-6-7-8-9-10-14-17-24-26(19-18-25(28)29)20-21-27(24)22-23-15-12-11-13-16-23/h11-13,15-16,20-21H,2-10,14,17-19,22H2,1H3. The van der Waals surface area contributed by atoms with E-state index in [1.807, 2.05) is 12.3 Å². The van der Waals surface area contributed by atoms with Crippen LogP contribution in [0, 0.1) is 0 Å². The molecule has 0 bridgehead atoms. The van der Waals surface area contributed by atoms with Gasteiger partial charge in [0.1, 0.15) is 18.9 Å².